The third-order valence-electron chi connectivity index (χ3n) is 5.81. The van der Waals surface area contributed by atoms with E-state index in [-0.39, 0.29) is 29.6 Å². The molecule has 0 radical (unpaired) electrons. The van der Waals surface area contributed by atoms with E-state index in [9.17, 15) is 22.8 Å². The van der Waals surface area contributed by atoms with Crippen molar-refractivity contribution in [3.8, 4) is 22.6 Å². The predicted molar refractivity (Wildman–Crippen MR) is 148 cm³/mol. The van der Waals surface area contributed by atoms with E-state index in [2.05, 4.69) is 15.5 Å². The molecule has 1 amide bonds. The highest BCUT2D eigenvalue weighted by Gasteiger charge is 2.30. The highest BCUT2D eigenvalue weighted by molar-refractivity contribution is 7.99. The van der Waals surface area contributed by atoms with Crippen LogP contribution in [0.5, 0.6) is 11.5 Å². The monoisotopic (exact) mass is 606 g/mol. The molecule has 2 aromatic heterocycles. The number of esters is 1. The Labute approximate surface area is 241 Å². The number of methoxy groups -OCH3 is 2. The Bertz CT molecular complexity index is 1520. The minimum absolute atomic E-state index is 0.0387. The van der Waals surface area contributed by atoms with Gasteiger partial charge < -0.3 is 24.1 Å². The van der Waals surface area contributed by atoms with Gasteiger partial charge in [-0.15, -0.1) is 21.5 Å². The number of amides is 1. The van der Waals surface area contributed by atoms with Gasteiger partial charge in [-0.3, -0.25) is 4.79 Å². The summed E-state index contributed by atoms with van der Waals surface area (Å²) in [4.78, 5) is 25.4. The Kier molecular flexibility index (Phi) is 9.55. The summed E-state index contributed by atoms with van der Waals surface area (Å²) < 4.78 is 56.3. The second-order valence-corrected chi connectivity index (χ2v) is 10.2. The molecule has 1 N–H and O–H groups in total. The van der Waals surface area contributed by atoms with Crippen LogP contribution in [0.3, 0.4) is 0 Å². The second-order valence-electron chi connectivity index (χ2n) is 8.37. The Hall–Kier alpha value is -4.04. The lowest BCUT2D eigenvalue weighted by Crippen LogP contribution is -2.16. The third-order valence-corrected chi connectivity index (χ3v) is 7.67. The molecular formula is C27H25F3N4O5S2. The Morgan fingerprint density at radius 2 is 1.83 bits per heavy atom. The molecule has 14 heteroatoms. The van der Waals surface area contributed by atoms with Gasteiger partial charge in [-0.25, -0.2) is 4.79 Å². The Morgan fingerprint density at radius 3 is 2.49 bits per heavy atom. The Morgan fingerprint density at radius 1 is 1.07 bits per heavy atom. The molecule has 0 aliphatic rings. The van der Waals surface area contributed by atoms with Gasteiger partial charge in [0, 0.05) is 17.5 Å². The van der Waals surface area contributed by atoms with E-state index in [0.717, 1.165) is 29.5 Å². The molecule has 0 unspecified atom stereocenters. The molecular weight excluding hydrogens is 581 g/mol. The fraction of sp³-hybridized carbons (Fsp3) is 0.259. The lowest BCUT2D eigenvalue weighted by Gasteiger charge is -2.11. The first-order valence-electron chi connectivity index (χ1n) is 12.1. The first-order valence-corrected chi connectivity index (χ1v) is 14.0. The van der Waals surface area contributed by atoms with Crippen LogP contribution in [0.4, 0.5) is 18.2 Å². The van der Waals surface area contributed by atoms with E-state index in [1.54, 1.807) is 41.3 Å². The number of thioether (sulfide) groups is 1. The number of halogens is 3. The molecule has 0 fully saturated rings. The summed E-state index contributed by atoms with van der Waals surface area (Å²) in [6.45, 7) is 2.18. The number of benzene rings is 2. The van der Waals surface area contributed by atoms with Crippen LogP contribution in [0.15, 0.2) is 59.1 Å². The highest BCUT2D eigenvalue weighted by atomic mass is 32.2. The second kappa shape index (κ2) is 13.1. The number of carbonyl (C=O) groups is 2. The van der Waals surface area contributed by atoms with E-state index in [0.29, 0.717) is 33.8 Å². The average Bonchev–Trinajstić information content (AvgIpc) is 3.57. The summed E-state index contributed by atoms with van der Waals surface area (Å²) in [7, 11) is 2.83. The molecule has 4 aromatic rings. The summed E-state index contributed by atoms with van der Waals surface area (Å²) in [5.41, 5.74) is 0.801. The number of nitrogens with zero attached hydrogens (tertiary/aromatic N) is 3. The van der Waals surface area contributed by atoms with Crippen molar-refractivity contribution in [2.45, 2.75) is 31.4 Å². The number of nitrogens with one attached hydrogen (secondary N) is 1. The zero-order valence-corrected chi connectivity index (χ0v) is 23.8. The fourth-order valence-electron chi connectivity index (χ4n) is 3.79. The van der Waals surface area contributed by atoms with E-state index < -0.39 is 17.7 Å². The van der Waals surface area contributed by atoms with Gasteiger partial charge in [0.05, 0.1) is 25.5 Å². The maximum absolute atomic E-state index is 13.0. The minimum atomic E-state index is -4.48. The molecule has 0 bridgehead atoms. The van der Waals surface area contributed by atoms with Crippen LogP contribution in [0.1, 0.15) is 28.7 Å². The largest absolute Gasteiger partial charge is 0.497 e. The number of aromatic nitrogens is 3. The van der Waals surface area contributed by atoms with Crippen molar-refractivity contribution in [3.63, 3.8) is 0 Å². The van der Waals surface area contributed by atoms with Gasteiger partial charge in [0.15, 0.2) is 11.0 Å². The summed E-state index contributed by atoms with van der Waals surface area (Å²) >= 11 is 2.32. The maximum atomic E-state index is 13.0. The maximum Gasteiger partial charge on any atom is 0.416 e. The van der Waals surface area contributed by atoms with Gasteiger partial charge in [-0.05, 0) is 42.8 Å². The first kappa shape index (κ1) is 29.9. The van der Waals surface area contributed by atoms with Crippen LogP contribution in [0.25, 0.3) is 11.1 Å². The van der Waals surface area contributed by atoms with Crippen molar-refractivity contribution in [1.29, 1.82) is 0 Å². The average molecular weight is 607 g/mol. The lowest BCUT2D eigenvalue weighted by atomic mass is 10.0. The number of rotatable bonds is 11. The molecule has 0 saturated carbocycles. The number of hydrogen-bond acceptors (Lipinski definition) is 9. The van der Waals surface area contributed by atoms with Crippen molar-refractivity contribution < 1.29 is 37.0 Å². The van der Waals surface area contributed by atoms with Crippen LogP contribution < -0.4 is 14.8 Å². The summed E-state index contributed by atoms with van der Waals surface area (Å²) in [6, 6.07) is 11.7. The topological polar surface area (TPSA) is 105 Å². The number of anilines is 1. The quantitative estimate of drug-likeness (QED) is 0.160. The molecule has 0 spiro atoms. The van der Waals surface area contributed by atoms with E-state index in [1.807, 2.05) is 6.92 Å². The zero-order chi connectivity index (χ0) is 29.6. The van der Waals surface area contributed by atoms with E-state index in [4.69, 9.17) is 14.2 Å². The van der Waals surface area contributed by atoms with E-state index >= 15 is 0 Å². The molecule has 41 heavy (non-hydrogen) atoms. The minimum Gasteiger partial charge on any atom is -0.497 e. The van der Waals surface area contributed by atoms with Crippen molar-refractivity contribution in [2.75, 3.05) is 25.3 Å². The fourth-order valence-corrected chi connectivity index (χ4v) is 5.59. The molecule has 2 heterocycles. The SMILES string of the molecule is CCn1c(COc2cccc(C(F)(F)F)c2)nnc1SCC(=O)Nc1scc(-c2ccc(OC)cc2)c1C(=O)OC. The van der Waals surface area contributed by atoms with E-state index in [1.165, 1.54) is 30.6 Å². The van der Waals surface area contributed by atoms with Crippen molar-refractivity contribution in [1.82, 2.24) is 14.8 Å². The van der Waals surface area contributed by atoms with Gasteiger partial charge in [-0.1, -0.05) is 30.0 Å². The normalized spacial score (nSPS) is 11.3. The van der Waals surface area contributed by atoms with Crippen molar-refractivity contribution in [3.05, 3.63) is 70.9 Å². The van der Waals surface area contributed by atoms with Gasteiger partial charge in [-0.2, -0.15) is 13.2 Å². The zero-order valence-electron chi connectivity index (χ0n) is 22.2. The smallest absolute Gasteiger partial charge is 0.416 e. The molecule has 0 aliphatic carbocycles. The summed E-state index contributed by atoms with van der Waals surface area (Å²) in [5, 5.41) is 13.5. The predicted octanol–water partition coefficient (Wildman–Crippen LogP) is 6.15. The summed E-state index contributed by atoms with van der Waals surface area (Å²) in [6.07, 6.45) is -4.48. The van der Waals surface area contributed by atoms with Crippen LogP contribution in [-0.2, 0) is 28.9 Å². The van der Waals surface area contributed by atoms with Crippen LogP contribution >= 0.6 is 23.1 Å². The highest BCUT2D eigenvalue weighted by Crippen LogP contribution is 2.37. The molecule has 216 valence electrons. The van der Waals surface area contributed by atoms with Gasteiger partial charge in [0.1, 0.15) is 28.7 Å². The van der Waals surface area contributed by atoms with Crippen molar-refractivity contribution in [2.24, 2.45) is 0 Å². The van der Waals surface area contributed by atoms with Crippen LogP contribution in [-0.4, -0.2) is 46.6 Å². The van der Waals surface area contributed by atoms with Crippen molar-refractivity contribution >= 4 is 40.0 Å². The molecule has 0 aliphatic heterocycles. The molecule has 0 saturated heterocycles. The molecule has 2 aromatic carbocycles. The number of carbonyl (C=O) groups excluding carboxylic acids is 2. The van der Waals surface area contributed by atoms with Gasteiger partial charge >= 0.3 is 12.1 Å². The van der Waals surface area contributed by atoms with Crippen LogP contribution in [0.2, 0.25) is 0 Å². The number of alkyl halides is 3. The molecule has 0 atom stereocenters. The van der Waals surface area contributed by atoms with Gasteiger partial charge in [0.2, 0.25) is 5.91 Å². The molecule has 4 rings (SSSR count). The molecule has 9 nitrogen and oxygen atoms in total. The van der Waals surface area contributed by atoms with Gasteiger partial charge in [0.25, 0.3) is 0 Å². The Balaban J connectivity index is 1.42. The third kappa shape index (κ3) is 7.19. The number of hydrogen-bond donors (Lipinski definition) is 1. The standard InChI is InChI=1S/C27H25F3N4O5S2/c1-4-34-21(13-39-19-7-5-6-17(12-19)27(28,29)30)32-33-26(34)41-15-22(35)31-24-23(25(36)38-3)20(14-40-24)16-8-10-18(37-2)11-9-16/h5-12,14H,4,13,15H2,1-3H3,(H,31,35). The lowest BCUT2D eigenvalue weighted by molar-refractivity contribution is -0.137. The first-order chi connectivity index (χ1) is 19.6. The number of thiophene rings is 1. The van der Waals surface area contributed by atoms with Crippen LogP contribution in [0, 0.1) is 0 Å². The summed E-state index contributed by atoms with van der Waals surface area (Å²) in [5.74, 6) is 0.100. The number of ether oxygens (including phenoxy) is 3.